The maximum absolute atomic E-state index is 12.3. The van der Waals surface area contributed by atoms with E-state index in [0.717, 1.165) is 12.1 Å². The molecule has 0 unspecified atom stereocenters. The van der Waals surface area contributed by atoms with Gasteiger partial charge in [0.15, 0.2) is 0 Å². The van der Waals surface area contributed by atoms with Gasteiger partial charge in [0.25, 0.3) is 0 Å². The first-order valence-electron chi connectivity index (χ1n) is 3.96. The third-order valence-electron chi connectivity index (χ3n) is 1.84. The van der Waals surface area contributed by atoms with Gasteiger partial charge >= 0.3 is 6.18 Å². The second kappa shape index (κ2) is 4.14. The smallest absolute Gasteiger partial charge is 0.416 e. The van der Waals surface area contributed by atoms with Gasteiger partial charge in [0.1, 0.15) is 5.76 Å². The molecule has 0 atom stereocenters. The van der Waals surface area contributed by atoms with Crippen molar-refractivity contribution < 1.29 is 17.9 Å². The lowest BCUT2D eigenvalue weighted by molar-refractivity contribution is -0.137. The Kier molecular flexibility index (Phi) is 3.29. The van der Waals surface area contributed by atoms with E-state index in [1.165, 1.54) is 13.2 Å². The van der Waals surface area contributed by atoms with Crippen molar-refractivity contribution >= 4 is 17.4 Å². The Balaban J connectivity index is 3.15. The van der Waals surface area contributed by atoms with Gasteiger partial charge in [-0.3, -0.25) is 0 Å². The number of halogens is 4. The largest absolute Gasteiger partial charge is 0.497 e. The quantitative estimate of drug-likeness (QED) is 0.706. The van der Waals surface area contributed by atoms with Crippen LogP contribution in [-0.2, 0) is 10.9 Å². The fourth-order valence-corrected chi connectivity index (χ4v) is 1.31. The zero-order valence-corrected chi connectivity index (χ0v) is 8.62. The van der Waals surface area contributed by atoms with E-state index in [-0.39, 0.29) is 10.8 Å². The van der Waals surface area contributed by atoms with Gasteiger partial charge in [-0.1, -0.05) is 18.2 Å². The fraction of sp³-hybridized carbons (Fsp3) is 0.200. The molecule has 1 aromatic rings. The van der Waals surface area contributed by atoms with Gasteiger partial charge in [0.2, 0.25) is 0 Å². The summed E-state index contributed by atoms with van der Waals surface area (Å²) in [5.74, 6) is 0.230. The predicted octanol–water partition coefficient (Wildman–Crippen LogP) is 3.98. The maximum atomic E-state index is 12.3. The molecule has 0 fully saturated rings. The molecular formula is C10H8ClF3O. The van der Waals surface area contributed by atoms with Crippen LogP contribution in [-0.4, -0.2) is 7.11 Å². The molecule has 15 heavy (non-hydrogen) atoms. The summed E-state index contributed by atoms with van der Waals surface area (Å²) >= 11 is 5.67. The van der Waals surface area contributed by atoms with Crippen LogP contribution in [0, 0.1) is 0 Å². The molecule has 82 valence electrons. The molecule has 0 amide bonds. The average Bonchev–Trinajstić information content (AvgIpc) is 2.15. The van der Waals surface area contributed by atoms with Crippen molar-refractivity contribution in [1.29, 1.82) is 0 Å². The molecular weight excluding hydrogens is 229 g/mol. The first-order valence-corrected chi connectivity index (χ1v) is 4.34. The summed E-state index contributed by atoms with van der Waals surface area (Å²) in [7, 11) is 1.37. The van der Waals surface area contributed by atoms with Crippen molar-refractivity contribution in [2.24, 2.45) is 0 Å². The summed E-state index contributed by atoms with van der Waals surface area (Å²) in [5, 5.41) is -0.0309. The molecule has 0 aromatic heterocycles. The summed E-state index contributed by atoms with van der Waals surface area (Å²) in [6, 6.07) is 3.02. The number of rotatable bonds is 2. The Morgan fingerprint density at radius 1 is 1.40 bits per heavy atom. The summed E-state index contributed by atoms with van der Waals surface area (Å²) < 4.78 is 41.6. The molecule has 5 heteroatoms. The second-order valence-corrected chi connectivity index (χ2v) is 3.23. The Bertz CT molecular complexity index is 385. The first kappa shape index (κ1) is 11.9. The Morgan fingerprint density at radius 3 is 2.40 bits per heavy atom. The van der Waals surface area contributed by atoms with E-state index in [2.05, 4.69) is 6.58 Å². The van der Waals surface area contributed by atoms with Crippen molar-refractivity contribution in [1.82, 2.24) is 0 Å². The highest BCUT2D eigenvalue weighted by atomic mass is 35.5. The predicted molar refractivity (Wildman–Crippen MR) is 52.5 cm³/mol. The van der Waals surface area contributed by atoms with Gasteiger partial charge in [0.05, 0.1) is 17.7 Å². The van der Waals surface area contributed by atoms with Crippen LogP contribution < -0.4 is 0 Å². The number of hydrogen-bond acceptors (Lipinski definition) is 1. The van der Waals surface area contributed by atoms with Gasteiger partial charge in [-0.25, -0.2) is 0 Å². The Morgan fingerprint density at radius 2 is 2.00 bits per heavy atom. The van der Waals surface area contributed by atoms with Crippen LogP contribution in [0.15, 0.2) is 24.8 Å². The SMILES string of the molecule is C=C(OC)c1ccc(C(F)(F)F)cc1Cl. The zero-order valence-electron chi connectivity index (χ0n) is 7.86. The molecule has 0 radical (unpaired) electrons. The lowest BCUT2D eigenvalue weighted by Crippen LogP contribution is -2.05. The molecule has 0 saturated heterocycles. The molecule has 0 heterocycles. The van der Waals surface area contributed by atoms with Gasteiger partial charge < -0.3 is 4.74 Å². The maximum Gasteiger partial charge on any atom is 0.416 e. The van der Waals surface area contributed by atoms with E-state index in [4.69, 9.17) is 16.3 Å². The molecule has 1 rings (SSSR count). The minimum atomic E-state index is -4.39. The normalized spacial score (nSPS) is 11.3. The second-order valence-electron chi connectivity index (χ2n) is 2.82. The van der Waals surface area contributed by atoms with Crippen molar-refractivity contribution in [2.75, 3.05) is 7.11 Å². The monoisotopic (exact) mass is 236 g/mol. The number of hydrogen-bond donors (Lipinski definition) is 0. The van der Waals surface area contributed by atoms with Crippen LogP contribution in [0.25, 0.3) is 5.76 Å². The Labute approximate surface area is 90.1 Å². The van der Waals surface area contributed by atoms with Crippen molar-refractivity contribution in [3.8, 4) is 0 Å². The standard InChI is InChI=1S/C10H8ClF3O/c1-6(15-2)8-4-3-7(5-9(8)11)10(12,13)14/h3-5H,1H2,2H3. The molecule has 0 aliphatic heterocycles. The third kappa shape index (κ3) is 2.65. The summed E-state index contributed by atoms with van der Waals surface area (Å²) in [4.78, 5) is 0. The van der Waals surface area contributed by atoms with E-state index in [1.54, 1.807) is 0 Å². The number of alkyl halides is 3. The zero-order chi connectivity index (χ0) is 11.6. The highest BCUT2D eigenvalue weighted by Crippen LogP contribution is 2.33. The lowest BCUT2D eigenvalue weighted by Gasteiger charge is -2.10. The van der Waals surface area contributed by atoms with Crippen molar-refractivity contribution in [3.63, 3.8) is 0 Å². The van der Waals surface area contributed by atoms with Crippen LogP contribution >= 0.6 is 11.6 Å². The molecule has 0 bridgehead atoms. The molecule has 0 saturated carbocycles. The first-order chi connectivity index (χ1) is 6.86. The van der Waals surface area contributed by atoms with E-state index in [1.807, 2.05) is 0 Å². The fourth-order valence-electron chi connectivity index (χ4n) is 1.03. The van der Waals surface area contributed by atoms with Crippen molar-refractivity contribution in [2.45, 2.75) is 6.18 Å². The highest BCUT2D eigenvalue weighted by molar-refractivity contribution is 6.32. The highest BCUT2D eigenvalue weighted by Gasteiger charge is 2.31. The number of methoxy groups -OCH3 is 1. The number of ether oxygens (including phenoxy) is 1. The number of benzene rings is 1. The molecule has 0 aliphatic carbocycles. The van der Waals surface area contributed by atoms with E-state index < -0.39 is 11.7 Å². The van der Waals surface area contributed by atoms with Gasteiger partial charge in [0, 0.05) is 5.56 Å². The van der Waals surface area contributed by atoms with Crippen LogP contribution in [0.1, 0.15) is 11.1 Å². The average molecular weight is 237 g/mol. The van der Waals surface area contributed by atoms with Crippen LogP contribution in [0.4, 0.5) is 13.2 Å². The third-order valence-corrected chi connectivity index (χ3v) is 2.16. The van der Waals surface area contributed by atoms with Crippen LogP contribution in [0.2, 0.25) is 5.02 Å². The Hall–Kier alpha value is -1.16. The van der Waals surface area contributed by atoms with Crippen LogP contribution in [0.3, 0.4) is 0 Å². The topological polar surface area (TPSA) is 9.23 Å². The van der Waals surface area contributed by atoms with Gasteiger partial charge in [-0.2, -0.15) is 13.2 Å². The van der Waals surface area contributed by atoms with E-state index >= 15 is 0 Å². The summed E-state index contributed by atoms with van der Waals surface area (Å²) in [5.41, 5.74) is -0.438. The lowest BCUT2D eigenvalue weighted by atomic mass is 10.1. The molecule has 0 N–H and O–H groups in total. The van der Waals surface area contributed by atoms with E-state index in [0.29, 0.717) is 5.56 Å². The molecule has 1 nitrogen and oxygen atoms in total. The van der Waals surface area contributed by atoms with Crippen molar-refractivity contribution in [3.05, 3.63) is 40.9 Å². The minimum Gasteiger partial charge on any atom is -0.497 e. The summed E-state index contributed by atoms with van der Waals surface area (Å²) in [6.45, 7) is 3.51. The van der Waals surface area contributed by atoms with Gasteiger partial charge in [-0.15, -0.1) is 0 Å². The molecule has 0 spiro atoms. The van der Waals surface area contributed by atoms with Crippen LogP contribution in [0.5, 0.6) is 0 Å². The summed E-state index contributed by atoms with van der Waals surface area (Å²) in [6.07, 6.45) is -4.39. The molecule has 1 aromatic carbocycles. The van der Waals surface area contributed by atoms with E-state index in [9.17, 15) is 13.2 Å². The van der Waals surface area contributed by atoms with Gasteiger partial charge in [-0.05, 0) is 18.2 Å². The molecule has 0 aliphatic rings. The minimum absolute atomic E-state index is 0.0309.